The van der Waals surface area contributed by atoms with Crippen LogP contribution in [0.2, 0.25) is 5.02 Å². The number of fused-ring (bicyclic) bond motifs is 1. The van der Waals surface area contributed by atoms with E-state index in [2.05, 4.69) is 5.32 Å². The second kappa shape index (κ2) is 8.60. The molecule has 7 heteroatoms. The van der Waals surface area contributed by atoms with E-state index in [1.54, 1.807) is 31.2 Å². The van der Waals surface area contributed by atoms with E-state index >= 15 is 0 Å². The van der Waals surface area contributed by atoms with E-state index in [4.69, 9.17) is 25.5 Å². The number of nitrogens with one attached hydrogen (secondary N) is 1. The van der Waals surface area contributed by atoms with Gasteiger partial charge in [0.15, 0.2) is 13.2 Å². The van der Waals surface area contributed by atoms with Crippen molar-refractivity contribution in [3.8, 4) is 5.75 Å². The second-order valence-corrected chi connectivity index (χ2v) is 6.25. The Labute approximate surface area is 161 Å². The maximum absolute atomic E-state index is 11.9. The number of halogens is 1. The lowest BCUT2D eigenvalue weighted by Gasteiger charge is -2.12. The van der Waals surface area contributed by atoms with Crippen LogP contribution in [0.25, 0.3) is 10.8 Å². The lowest BCUT2D eigenvalue weighted by Crippen LogP contribution is -2.31. The van der Waals surface area contributed by atoms with Crippen LogP contribution in [0.5, 0.6) is 5.75 Å². The zero-order valence-corrected chi connectivity index (χ0v) is 15.4. The fraction of sp³-hybridized carbons (Fsp3) is 0.200. The van der Waals surface area contributed by atoms with Gasteiger partial charge in [0, 0.05) is 15.8 Å². The molecule has 1 aromatic heterocycles. The van der Waals surface area contributed by atoms with Gasteiger partial charge in [0.05, 0.1) is 12.3 Å². The van der Waals surface area contributed by atoms with Crippen LogP contribution in [-0.2, 0) is 14.3 Å². The van der Waals surface area contributed by atoms with E-state index in [0.717, 1.165) is 10.8 Å². The first kappa shape index (κ1) is 18.8. The average Bonchev–Trinajstić information content (AvgIpc) is 3.21. The van der Waals surface area contributed by atoms with Crippen LogP contribution in [0, 0.1) is 0 Å². The van der Waals surface area contributed by atoms with Gasteiger partial charge in [-0.15, -0.1) is 0 Å². The van der Waals surface area contributed by atoms with Gasteiger partial charge in [0.2, 0.25) is 0 Å². The SMILES string of the molecule is C[C@@H](NC(=O)COC(=O)COc1ccc(Cl)c2ccccc12)c1ccco1. The lowest BCUT2D eigenvalue weighted by molar-refractivity contribution is -0.150. The first-order valence-electron chi connectivity index (χ1n) is 8.33. The van der Waals surface area contributed by atoms with E-state index in [-0.39, 0.29) is 12.6 Å². The van der Waals surface area contributed by atoms with Crippen molar-refractivity contribution >= 4 is 34.2 Å². The van der Waals surface area contributed by atoms with Crippen LogP contribution in [-0.4, -0.2) is 25.1 Å². The van der Waals surface area contributed by atoms with E-state index in [0.29, 0.717) is 16.5 Å². The summed E-state index contributed by atoms with van der Waals surface area (Å²) in [4.78, 5) is 23.7. The molecule has 1 heterocycles. The third kappa shape index (κ3) is 4.80. The van der Waals surface area contributed by atoms with Crippen molar-refractivity contribution in [2.45, 2.75) is 13.0 Å². The van der Waals surface area contributed by atoms with Crippen LogP contribution in [0.3, 0.4) is 0 Å². The van der Waals surface area contributed by atoms with Gasteiger partial charge in [-0.3, -0.25) is 4.79 Å². The van der Waals surface area contributed by atoms with Crippen LogP contribution >= 0.6 is 11.6 Å². The molecule has 0 aliphatic heterocycles. The molecule has 2 aromatic carbocycles. The van der Waals surface area contributed by atoms with Crippen molar-refractivity contribution in [3.05, 3.63) is 65.6 Å². The summed E-state index contributed by atoms with van der Waals surface area (Å²) in [5.74, 6) is 0.0643. The van der Waals surface area contributed by atoms with Crippen molar-refractivity contribution in [1.82, 2.24) is 5.32 Å². The lowest BCUT2D eigenvalue weighted by atomic mass is 10.1. The van der Waals surface area contributed by atoms with Crippen molar-refractivity contribution in [3.63, 3.8) is 0 Å². The highest BCUT2D eigenvalue weighted by Crippen LogP contribution is 2.31. The number of carbonyl (C=O) groups is 2. The van der Waals surface area contributed by atoms with Crippen LogP contribution in [0.15, 0.2) is 59.2 Å². The zero-order chi connectivity index (χ0) is 19.2. The average molecular weight is 388 g/mol. The Hall–Kier alpha value is -2.99. The summed E-state index contributed by atoms with van der Waals surface area (Å²) in [7, 11) is 0. The molecule has 1 N–H and O–H groups in total. The molecule has 3 rings (SSSR count). The Morgan fingerprint density at radius 1 is 1.07 bits per heavy atom. The van der Waals surface area contributed by atoms with Gasteiger partial charge >= 0.3 is 5.97 Å². The highest BCUT2D eigenvalue weighted by molar-refractivity contribution is 6.35. The molecule has 1 atom stereocenters. The maximum Gasteiger partial charge on any atom is 0.344 e. The first-order chi connectivity index (χ1) is 13.0. The highest BCUT2D eigenvalue weighted by atomic mass is 35.5. The van der Waals surface area contributed by atoms with Gasteiger partial charge in [0.25, 0.3) is 5.91 Å². The minimum absolute atomic E-state index is 0.313. The number of esters is 1. The number of amides is 1. The molecule has 0 saturated heterocycles. The molecule has 0 spiro atoms. The summed E-state index contributed by atoms with van der Waals surface area (Å²) < 4.78 is 15.7. The van der Waals surface area contributed by atoms with Crippen molar-refractivity contribution in [2.24, 2.45) is 0 Å². The molecule has 0 aliphatic carbocycles. The Morgan fingerprint density at radius 3 is 2.59 bits per heavy atom. The Kier molecular flexibility index (Phi) is 5.98. The second-order valence-electron chi connectivity index (χ2n) is 5.85. The molecule has 140 valence electrons. The molecule has 0 unspecified atom stereocenters. The smallest absolute Gasteiger partial charge is 0.344 e. The number of ether oxygens (including phenoxy) is 2. The number of rotatable bonds is 7. The monoisotopic (exact) mass is 387 g/mol. The summed E-state index contributed by atoms with van der Waals surface area (Å²) in [6.45, 7) is 1.06. The molecular weight excluding hydrogens is 370 g/mol. The number of hydrogen-bond acceptors (Lipinski definition) is 5. The molecule has 0 aliphatic rings. The summed E-state index contributed by atoms with van der Waals surface area (Å²) in [6.07, 6.45) is 1.52. The summed E-state index contributed by atoms with van der Waals surface area (Å²) in [5.41, 5.74) is 0. The number of furan rings is 1. The van der Waals surface area contributed by atoms with E-state index in [1.807, 2.05) is 24.3 Å². The van der Waals surface area contributed by atoms with Gasteiger partial charge in [-0.1, -0.05) is 35.9 Å². The molecule has 0 saturated carbocycles. The summed E-state index contributed by atoms with van der Waals surface area (Å²) in [6, 6.07) is 14.0. The number of carbonyl (C=O) groups excluding carboxylic acids is 2. The van der Waals surface area contributed by atoms with E-state index in [9.17, 15) is 9.59 Å². The fourth-order valence-electron chi connectivity index (χ4n) is 2.58. The standard InChI is InChI=1S/C20H18ClNO5/c1-13(17-7-4-10-25-17)22-19(23)11-27-20(24)12-26-18-9-8-16(21)14-5-2-3-6-15(14)18/h2-10,13H,11-12H2,1H3,(H,22,23)/t13-/m1/s1. The van der Waals surface area contributed by atoms with Gasteiger partial charge in [-0.25, -0.2) is 4.79 Å². The van der Waals surface area contributed by atoms with Gasteiger partial charge in [-0.2, -0.15) is 0 Å². The summed E-state index contributed by atoms with van der Waals surface area (Å²) >= 11 is 6.16. The largest absolute Gasteiger partial charge is 0.481 e. The van der Waals surface area contributed by atoms with Crippen LogP contribution in [0.1, 0.15) is 18.7 Å². The maximum atomic E-state index is 11.9. The molecule has 3 aromatic rings. The predicted molar refractivity (Wildman–Crippen MR) is 101 cm³/mol. The third-order valence-electron chi connectivity index (χ3n) is 3.89. The molecule has 0 bridgehead atoms. The minimum Gasteiger partial charge on any atom is -0.481 e. The summed E-state index contributed by atoms with van der Waals surface area (Å²) in [5, 5.41) is 4.90. The molecule has 6 nitrogen and oxygen atoms in total. The van der Waals surface area contributed by atoms with Crippen molar-refractivity contribution in [1.29, 1.82) is 0 Å². The van der Waals surface area contributed by atoms with Gasteiger partial charge < -0.3 is 19.2 Å². The Bertz CT molecular complexity index is 939. The molecule has 0 fully saturated rings. The van der Waals surface area contributed by atoms with Crippen LogP contribution in [0.4, 0.5) is 0 Å². The molecule has 27 heavy (non-hydrogen) atoms. The topological polar surface area (TPSA) is 77.8 Å². The predicted octanol–water partition coefficient (Wildman–Crippen LogP) is 3.89. The Morgan fingerprint density at radius 2 is 1.85 bits per heavy atom. The number of hydrogen-bond donors (Lipinski definition) is 1. The van der Waals surface area contributed by atoms with Crippen LogP contribution < -0.4 is 10.1 Å². The third-order valence-corrected chi connectivity index (χ3v) is 4.22. The molecular formula is C20H18ClNO5. The highest BCUT2D eigenvalue weighted by Gasteiger charge is 2.14. The van der Waals surface area contributed by atoms with Crippen molar-refractivity contribution < 1.29 is 23.5 Å². The van der Waals surface area contributed by atoms with Gasteiger partial charge in [0.1, 0.15) is 11.5 Å². The quantitative estimate of drug-likeness (QED) is 0.622. The fourth-order valence-corrected chi connectivity index (χ4v) is 2.80. The van der Waals surface area contributed by atoms with Crippen molar-refractivity contribution in [2.75, 3.05) is 13.2 Å². The number of benzene rings is 2. The van der Waals surface area contributed by atoms with E-state index < -0.39 is 18.5 Å². The zero-order valence-electron chi connectivity index (χ0n) is 14.6. The molecule has 0 radical (unpaired) electrons. The normalized spacial score (nSPS) is 11.8. The Balaban J connectivity index is 1.49. The minimum atomic E-state index is -0.644. The first-order valence-corrected chi connectivity index (χ1v) is 8.71. The molecule has 1 amide bonds. The van der Waals surface area contributed by atoms with E-state index in [1.165, 1.54) is 6.26 Å². The van der Waals surface area contributed by atoms with Gasteiger partial charge in [-0.05, 0) is 31.2 Å².